The van der Waals surface area contributed by atoms with Crippen LogP contribution in [0.3, 0.4) is 0 Å². The molecule has 6 nitrogen and oxygen atoms in total. The number of ether oxygens (including phenoxy) is 1. The van der Waals surface area contributed by atoms with E-state index in [1.54, 1.807) is 23.1 Å². The van der Waals surface area contributed by atoms with Gasteiger partial charge in [0, 0.05) is 18.1 Å². The number of likely N-dealkylation sites (tertiary alicyclic amines) is 1. The summed E-state index contributed by atoms with van der Waals surface area (Å²) in [5, 5.41) is 3.29. The van der Waals surface area contributed by atoms with Crippen molar-refractivity contribution in [2.75, 3.05) is 13.7 Å². The van der Waals surface area contributed by atoms with E-state index in [-0.39, 0.29) is 30.7 Å². The van der Waals surface area contributed by atoms with Gasteiger partial charge in [-0.3, -0.25) is 4.79 Å². The van der Waals surface area contributed by atoms with Gasteiger partial charge in [-0.2, -0.15) is 0 Å². The predicted molar refractivity (Wildman–Crippen MR) is 104 cm³/mol. The van der Waals surface area contributed by atoms with Gasteiger partial charge in [-0.25, -0.2) is 4.79 Å². The van der Waals surface area contributed by atoms with Gasteiger partial charge in [0.15, 0.2) is 0 Å². The standard InChI is InChI=1S/C20H33N3O3/c1-5-7-16(6-2)13-26-20(25)19-11-10-18(23(19)14-24)12-17(22-4)9-8-15(3)21/h5-7,14-15,17-19,22H,1-2,8-13,21H2,3-4H3/b16-7+. The fraction of sp³-hybridized carbons (Fsp3) is 0.600. The molecule has 0 saturated carbocycles. The van der Waals surface area contributed by atoms with E-state index in [1.165, 1.54) is 0 Å². The lowest BCUT2D eigenvalue weighted by Crippen LogP contribution is -2.43. The van der Waals surface area contributed by atoms with Crippen molar-refractivity contribution in [2.45, 2.75) is 63.2 Å². The first-order valence-electron chi connectivity index (χ1n) is 9.23. The minimum absolute atomic E-state index is 0.0400. The molecule has 0 aliphatic carbocycles. The summed E-state index contributed by atoms with van der Waals surface area (Å²) < 4.78 is 5.36. The summed E-state index contributed by atoms with van der Waals surface area (Å²) in [4.78, 5) is 25.6. The van der Waals surface area contributed by atoms with Gasteiger partial charge >= 0.3 is 5.97 Å². The van der Waals surface area contributed by atoms with Gasteiger partial charge in [0.1, 0.15) is 12.6 Å². The van der Waals surface area contributed by atoms with Crippen LogP contribution >= 0.6 is 0 Å². The Bertz CT molecular complexity index is 516. The van der Waals surface area contributed by atoms with Crippen LogP contribution in [-0.2, 0) is 14.3 Å². The van der Waals surface area contributed by atoms with Crippen LogP contribution in [0.5, 0.6) is 0 Å². The Labute approximate surface area is 157 Å². The average molecular weight is 364 g/mol. The Hall–Kier alpha value is -1.92. The fourth-order valence-corrected chi connectivity index (χ4v) is 3.29. The van der Waals surface area contributed by atoms with Gasteiger partial charge < -0.3 is 20.7 Å². The smallest absolute Gasteiger partial charge is 0.329 e. The molecule has 3 N–H and O–H groups in total. The molecule has 1 amide bonds. The van der Waals surface area contributed by atoms with E-state index in [1.807, 2.05) is 14.0 Å². The Kier molecular flexibility index (Phi) is 9.91. The molecule has 0 aromatic rings. The minimum atomic E-state index is -0.516. The highest BCUT2D eigenvalue weighted by Gasteiger charge is 2.38. The SMILES string of the molecule is C=C/C=C(\C=C)COC(=O)C1CCC(CC(CCC(C)N)NC)N1C=O. The van der Waals surface area contributed by atoms with Crippen molar-refractivity contribution < 1.29 is 14.3 Å². The molecule has 146 valence electrons. The van der Waals surface area contributed by atoms with E-state index in [9.17, 15) is 9.59 Å². The number of allylic oxidation sites excluding steroid dienone is 2. The molecule has 0 aromatic carbocycles. The molecule has 26 heavy (non-hydrogen) atoms. The third kappa shape index (κ3) is 6.77. The third-order valence-electron chi connectivity index (χ3n) is 4.86. The van der Waals surface area contributed by atoms with Crippen LogP contribution in [-0.4, -0.2) is 55.1 Å². The van der Waals surface area contributed by atoms with E-state index in [0.29, 0.717) is 6.42 Å². The quantitative estimate of drug-likeness (QED) is 0.314. The predicted octanol–water partition coefficient (Wildman–Crippen LogP) is 1.92. The summed E-state index contributed by atoms with van der Waals surface area (Å²) in [6.07, 6.45) is 9.85. The van der Waals surface area contributed by atoms with Gasteiger partial charge in [0.25, 0.3) is 0 Å². The Morgan fingerprint density at radius 3 is 2.65 bits per heavy atom. The number of nitrogens with two attached hydrogens (primary N) is 1. The normalized spacial score (nSPS) is 22.6. The highest BCUT2D eigenvalue weighted by Crippen LogP contribution is 2.27. The second kappa shape index (κ2) is 11.6. The Morgan fingerprint density at radius 1 is 1.38 bits per heavy atom. The second-order valence-corrected chi connectivity index (χ2v) is 6.86. The lowest BCUT2D eigenvalue weighted by Gasteiger charge is -2.28. The molecule has 1 heterocycles. The molecule has 6 heteroatoms. The van der Waals surface area contributed by atoms with Gasteiger partial charge in [-0.1, -0.05) is 31.4 Å². The molecule has 1 rings (SSSR count). The summed E-state index contributed by atoms with van der Waals surface area (Å²) in [7, 11) is 1.92. The van der Waals surface area contributed by atoms with Gasteiger partial charge in [0.05, 0.1) is 0 Å². The summed E-state index contributed by atoms with van der Waals surface area (Å²) in [5.74, 6) is -0.368. The van der Waals surface area contributed by atoms with Crippen LogP contribution in [0, 0.1) is 0 Å². The average Bonchev–Trinajstić information content (AvgIpc) is 3.04. The van der Waals surface area contributed by atoms with E-state index >= 15 is 0 Å². The van der Waals surface area contributed by atoms with Gasteiger partial charge in [0.2, 0.25) is 6.41 Å². The van der Waals surface area contributed by atoms with Crippen molar-refractivity contribution in [3.05, 3.63) is 37.0 Å². The number of rotatable bonds is 12. The number of carbonyl (C=O) groups excluding carboxylic acids is 2. The van der Waals surface area contributed by atoms with Gasteiger partial charge in [-0.15, -0.1) is 0 Å². The monoisotopic (exact) mass is 363 g/mol. The third-order valence-corrected chi connectivity index (χ3v) is 4.86. The van der Waals surface area contributed by atoms with Crippen molar-refractivity contribution in [1.29, 1.82) is 0 Å². The molecule has 4 unspecified atom stereocenters. The molecule has 1 fully saturated rings. The molecular weight excluding hydrogens is 330 g/mol. The lowest BCUT2D eigenvalue weighted by atomic mass is 9.99. The molecule has 0 radical (unpaired) electrons. The maximum absolute atomic E-state index is 12.4. The molecule has 1 aliphatic rings. The van der Waals surface area contributed by atoms with Crippen LogP contribution in [0.25, 0.3) is 0 Å². The van der Waals surface area contributed by atoms with E-state index in [4.69, 9.17) is 10.5 Å². The zero-order valence-electron chi connectivity index (χ0n) is 16.0. The van der Waals surface area contributed by atoms with Crippen LogP contribution in [0.2, 0.25) is 0 Å². The van der Waals surface area contributed by atoms with E-state index in [2.05, 4.69) is 18.5 Å². The number of hydrogen-bond donors (Lipinski definition) is 2. The molecule has 1 saturated heterocycles. The molecule has 0 aromatic heterocycles. The number of esters is 1. The zero-order valence-corrected chi connectivity index (χ0v) is 16.0. The first-order valence-corrected chi connectivity index (χ1v) is 9.23. The molecular formula is C20H33N3O3. The first kappa shape index (κ1) is 22.1. The largest absolute Gasteiger partial charge is 0.459 e. The van der Waals surface area contributed by atoms with Crippen molar-refractivity contribution in [3.8, 4) is 0 Å². The summed E-state index contributed by atoms with van der Waals surface area (Å²) in [6.45, 7) is 9.42. The minimum Gasteiger partial charge on any atom is -0.459 e. The van der Waals surface area contributed by atoms with Crippen LogP contribution in [0.15, 0.2) is 37.0 Å². The Balaban J connectivity index is 2.63. The number of hydrogen-bond acceptors (Lipinski definition) is 5. The summed E-state index contributed by atoms with van der Waals surface area (Å²) in [6, 6.07) is -0.0514. The molecule has 4 atom stereocenters. The molecule has 1 aliphatic heterocycles. The van der Waals surface area contributed by atoms with E-state index in [0.717, 1.165) is 37.7 Å². The maximum Gasteiger partial charge on any atom is 0.329 e. The highest BCUT2D eigenvalue weighted by atomic mass is 16.5. The lowest BCUT2D eigenvalue weighted by molar-refractivity contribution is -0.150. The first-order chi connectivity index (χ1) is 12.5. The topological polar surface area (TPSA) is 84.7 Å². The van der Waals surface area contributed by atoms with Crippen molar-refractivity contribution in [3.63, 3.8) is 0 Å². The molecule has 0 bridgehead atoms. The van der Waals surface area contributed by atoms with Crippen LogP contribution < -0.4 is 11.1 Å². The molecule has 0 spiro atoms. The highest BCUT2D eigenvalue weighted by molar-refractivity contribution is 5.79. The number of nitrogens with one attached hydrogen (secondary N) is 1. The zero-order chi connectivity index (χ0) is 19.5. The Morgan fingerprint density at radius 2 is 2.12 bits per heavy atom. The fourth-order valence-electron chi connectivity index (χ4n) is 3.29. The number of nitrogens with zero attached hydrogens (tertiary/aromatic N) is 1. The van der Waals surface area contributed by atoms with Crippen LogP contribution in [0.1, 0.15) is 39.0 Å². The van der Waals surface area contributed by atoms with Crippen molar-refractivity contribution in [2.24, 2.45) is 5.73 Å². The second-order valence-electron chi connectivity index (χ2n) is 6.86. The number of carbonyl (C=O) groups is 2. The maximum atomic E-state index is 12.4. The number of amides is 1. The van der Waals surface area contributed by atoms with E-state index < -0.39 is 6.04 Å². The summed E-state index contributed by atoms with van der Waals surface area (Å²) >= 11 is 0. The summed E-state index contributed by atoms with van der Waals surface area (Å²) in [5.41, 5.74) is 6.61. The van der Waals surface area contributed by atoms with Gasteiger partial charge in [-0.05, 0) is 51.6 Å². The van der Waals surface area contributed by atoms with Crippen LogP contribution in [0.4, 0.5) is 0 Å². The van der Waals surface area contributed by atoms with Crippen molar-refractivity contribution in [1.82, 2.24) is 10.2 Å². The van der Waals surface area contributed by atoms with Crippen molar-refractivity contribution >= 4 is 12.4 Å².